The number of esters is 1. The Morgan fingerprint density at radius 3 is 1.94 bits per heavy atom. The van der Waals surface area contributed by atoms with E-state index in [1.165, 1.54) is 13.2 Å². The molecule has 0 aliphatic carbocycles. The van der Waals surface area contributed by atoms with Gasteiger partial charge in [-0.25, -0.2) is 9.59 Å². The molecule has 2 atom stereocenters. The van der Waals surface area contributed by atoms with Gasteiger partial charge in [0, 0.05) is 12.5 Å². The van der Waals surface area contributed by atoms with Crippen molar-refractivity contribution >= 4 is 18.0 Å². The largest absolute Gasteiger partial charge is 0.467 e. The van der Waals surface area contributed by atoms with Crippen LogP contribution < -0.4 is 10.6 Å². The summed E-state index contributed by atoms with van der Waals surface area (Å²) in [6.45, 7) is 5.34. The van der Waals surface area contributed by atoms with Crippen LogP contribution in [0.5, 0.6) is 0 Å². The normalized spacial score (nSPS) is 13.1. The van der Waals surface area contributed by atoms with Crippen molar-refractivity contribution in [1.82, 2.24) is 10.6 Å². The van der Waals surface area contributed by atoms with Gasteiger partial charge in [0.2, 0.25) is 5.91 Å². The Morgan fingerprint density at radius 2 is 1.42 bits per heavy atom. The number of alkyl carbamates (subject to hydrolysis) is 1. The van der Waals surface area contributed by atoms with E-state index in [1.807, 2.05) is 60.7 Å². The van der Waals surface area contributed by atoms with Crippen LogP contribution in [0.3, 0.4) is 0 Å². The first kappa shape index (κ1) is 25.6. The molecule has 0 aliphatic heterocycles. The first-order valence-corrected chi connectivity index (χ1v) is 10.8. The van der Waals surface area contributed by atoms with E-state index in [2.05, 4.69) is 10.6 Å². The van der Waals surface area contributed by atoms with Gasteiger partial charge in [0.25, 0.3) is 0 Å². The summed E-state index contributed by atoms with van der Waals surface area (Å²) in [5.74, 6) is -1.00. The Labute approximate surface area is 195 Å². The molecule has 0 fully saturated rings. The molecule has 7 nitrogen and oxygen atoms in total. The molecule has 7 heteroatoms. The maximum atomic E-state index is 12.6. The molecule has 2 N–H and O–H groups in total. The number of rotatable bonds is 9. The van der Waals surface area contributed by atoms with E-state index >= 15 is 0 Å². The zero-order chi connectivity index (χ0) is 24.3. The third-order valence-electron chi connectivity index (χ3n) is 4.57. The van der Waals surface area contributed by atoms with Crippen LogP contribution in [0.15, 0.2) is 72.8 Å². The van der Waals surface area contributed by atoms with Crippen molar-refractivity contribution in [2.24, 2.45) is 0 Å². The molecule has 0 aliphatic rings. The molecule has 0 saturated carbocycles. The number of hydrogen-bond donors (Lipinski definition) is 2. The number of hydrogen-bond acceptors (Lipinski definition) is 5. The van der Waals surface area contributed by atoms with E-state index in [4.69, 9.17) is 9.47 Å². The van der Waals surface area contributed by atoms with E-state index in [-0.39, 0.29) is 0 Å². The second kappa shape index (κ2) is 12.4. The maximum Gasteiger partial charge on any atom is 0.408 e. The Morgan fingerprint density at radius 1 is 0.879 bits per heavy atom. The monoisotopic (exact) mass is 452 g/mol. The van der Waals surface area contributed by atoms with E-state index in [1.54, 1.807) is 26.8 Å². The van der Waals surface area contributed by atoms with Gasteiger partial charge < -0.3 is 20.1 Å². The lowest BCUT2D eigenvalue weighted by Gasteiger charge is -2.22. The van der Waals surface area contributed by atoms with Crippen LogP contribution in [-0.2, 0) is 31.9 Å². The number of methoxy groups -OCH3 is 1. The number of carbonyl (C=O) groups is 3. The van der Waals surface area contributed by atoms with Crippen LogP contribution in [0.25, 0.3) is 0 Å². The minimum atomic E-state index is -0.832. The molecule has 2 amide bonds. The molecular weight excluding hydrogens is 420 g/mol. The summed E-state index contributed by atoms with van der Waals surface area (Å²) >= 11 is 0. The highest BCUT2D eigenvalue weighted by atomic mass is 16.6. The summed E-state index contributed by atoms with van der Waals surface area (Å²) < 4.78 is 10.2. The van der Waals surface area contributed by atoms with Crippen LogP contribution in [0, 0.1) is 0 Å². The van der Waals surface area contributed by atoms with Crippen LogP contribution in [-0.4, -0.2) is 42.8 Å². The molecule has 0 radical (unpaired) electrons. The fourth-order valence-electron chi connectivity index (χ4n) is 3.10. The SMILES string of the molecule is COC(=O)[C@H](Cc1ccccc1)NC(=O)/C=C/[C@H](Cc1ccccc1)NC(=O)OC(C)(C)C. The van der Waals surface area contributed by atoms with Gasteiger partial charge in [-0.3, -0.25) is 4.79 Å². The van der Waals surface area contributed by atoms with Gasteiger partial charge in [-0.05, 0) is 38.3 Å². The summed E-state index contributed by atoms with van der Waals surface area (Å²) in [7, 11) is 1.28. The highest BCUT2D eigenvalue weighted by Gasteiger charge is 2.22. The minimum absolute atomic E-state index is 0.302. The molecule has 0 heterocycles. The van der Waals surface area contributed by atoms with Crippen molar-refractivity contribution in [1.29, 1.82) is 0 Å². The first-order valence-electron chi connectivity index (χ1n) is 10.8. The maximum absolute atomic E-state index is 12.6. The summed E-state index contributed by atoms with van der Waals surface area (Å²) in [6, 6.07) is 17.6. The number of amides is 2. The van der Waals surface area contributed by atoms with Crippen LogP contribution in [0.4, 0.5) is 4.79 Å². The summed E-state index contributed by atoms with van der Waals surface area (Å²) in [4.78, 5) is 37.0. The zero-order valence-corrected chi connectivity index (χ0v) is 19.5. The Kier molecular flexibility index (Phi) is 9.66. The Hall–Kier alpha value is -3.61. The smallest absolute Gasteiger partial charge is 0.408 e. The molecule has 0 spiro atoms. The molecule has 176 valence electrons. The van der Waals surface area contributed by atoms with Crippen molar-refractivity contribution in [3.63, 3.8) is 0 Å². The second-order valence-electron chi connectivity index (χ2n) is 8.58. The van der Waals surface area contributed by atoms with Crippen molar-refractivity contribution in [2.45, 2.75) is 51.3 Å². The molecule has 0 saturated heterocycles. The third kappa shape index (κ3) is 10.0. The van der Waals surface area contributed by atoms with Gasteiger partial charge in [-0.15, -0.1) is 0 Å². The Balaban J connectivity index is 2.09. The summed E-state index contributed by atoms with van der Waals surface area (Å²) in [5.41, 5.74) is 1.24. The van der Waals surface area contributed by atoms with Gasteiger partial charge >= 0.3 is 12.1 Å². The van der Waals surface area contributed by atoms with Crippen molar-refractivity contribution in [2.75, 3.05) is 7.11 Å². The lowest BCUT2D eigenvalue weighted by Crippen LogP contribution is -2.43. The highest BCUT2D eigenvalue weighted by Crippen LogP contribution is 2.09. The molecule has 0 unspecified atom stereocenters. The van der Waals surface area contributed by atoms with Crippen molar-refractivity contribution < 1.29 is 23.9 Å². The predicted octanol–water partition coefficient (Wildman–Crippen LogP) is 3.58. The average molecular weight is 453 g/mol. The number of carbonyl (C=O) groups excluding carboxylic acids is 3. The minimum Gasteiger partial charge on any atom is -0.467 e. The third-order valence-corrected chi connectivity index (χ3v) is 4.57. The van der Waals surface area contributed by atoms with Gasteiger partial charge in [-0.1, -0.05) is 66.7 Å². The molecule has 0 bridgehead atoms. The zero-order valence-electron chi connectivity index (χ0n) is 19.5. The number of nitrogens with one attached hydrogen (secondary N) is 2. The molecule has 2 rings (SSSR count). The van der Waals surface area contributed by atoms with E-state index in [0.29, 0.717) is 12.8 Å². The molecule has 2 aromatic rings. The van der Waals surface area contributed by atoms with E-state index in [0.717, 1.165) is 11.1 Å². The fourth-order valence-corrected chi connectivity index (χ4v) is 3.10. The predicted molar refractivity (Wildman–Crippen MR) is 127 cm³/mol. The number of ether oxygens (including phenoxy) is 2. The van der Waals surface area contributed by atoms with Gasteiger partial charge in [0.1, 0.15) is 11.6 Å². The standard InChI is InChI=1S/C26H32N2O5/c1-26(2,3)33-25(31)27-21(17-19-11-7-5-8-12-19)15-16-23(29)28-22(24(30)32-4)18-20-13-9-6-10-14-20/h5-16,21-22H,17-18H2,1-4H3,(H,27,31)(H,28,29)/b16-15+/t21-,22+/m1/s1. The quantitative estimate of drug-likeness (QED) is 0.448. The van der Waals surface area contributed by atoms with Crippen molar-refractivity contribution in [3.05, 3.63) is 83.9 Å². The molecule has 2 aromatic carbocycles. The van der Waals surface area contributed by atoms with E-state index < -0.39 is 35.7 Å². The van der Waals surface area contributed by atoms with Crippen molar-refractivity contribution in [3.8, 4) is 0 Å². The van der Waals surface area contributed by atoms with Crippen LogP contribution in [0.1, 0.15) is 31.9 Å². The van der Waals surface area contributed by atoms with Crippen LogP contribution >= 0.6 is 0 Å². The second-order valence-corrected chi connectivity index (χ2v) is 8.58. The fraction of sp³-hybridized carbons (Fsp3) is 0.346. The Bertz CT molecular complexity index is 936. The molecule has 0 aromatic heterocycles. The lowest BCUT2D eigenvalue weighted by molar-refractivity contribution is -0.144. The van der Waals surface area contributed by atoms with Crippen LogP contribution in [0.2, 0.25) is 0 Å². The summed E-state index contributed by atoms with van der Waals surface area (Å²) in [6.07, 6.45) is 3.09. The molecule has 33 heavy (non-hydrogen) atoms. The molecular formula is C26H32N2O5. The summed E-state index contributed by atoms with van der Waals surface area (Å²) in [5, 5.41) is 5.47. The first-order chi connectivity index (χ1) is 15.7. The lowest BCUT2D eigenvalue weighted by atomic mass is 10.0. The van der Waals surface area contributed by atoms with Gasteiger partial charge in [0.15, 0.2) is 0 Å². The number of benzene rings is 2. The average Bonchev–Trinajstić information content (AvgIpc) is 2.76. The van der Waals surface area contributed by atoms with E-state index in [9.17, 15) is 14.4 Å². The highest BCUT2D eigenvalue weighted by molar-refractivity contribution is 5.91. The van der Waals surface area contributed by atoms with Gasteiger partial charge in [-0.2, -0.15) is 0 Å². The topological polar surface area (TPSA) is 93.7 Å². The van der Waals surface area contributed by atoms with Gasteiger partial charge in [0.05, 0.1) is 13.2 Å².